The summed E-state index contributed by atoms with van der Waals surface area (Å²) in [5.41, 5.74) is 2.06. The second-order valence-corrected chi connectivity index (χ2v) is 7.53. The Bertz CT molecular complexity index is 774. The highest BCUT2D eigenvalue weighted by Crippen LogP contribution is 2.16. The van der Waals surface area contributed by atoms with Gasteiger partial charge in [0.2, 0.25) is 0 Å². The van der Waals surface area contributed by atoms with Crippen LogP contribution in [0.5, 0.6) is 5.75 Å². The number of hydrogen-bond acceptors (Lipinski definition) is 4. The number of nitrogens with one attached hydrogen (secondary N) is 1. The predicted molar refractivity (Wildman–Crippen MR) is 111 cm³/mol. The average molecular weight is 399 g/mol. The van der Waals surface area contributed by atoms with Crippen molar-refractivity contribution in [2.75, 3.05) is 0 Å². The molecule has 0 amide bonds. The van der Waals surface area contributed by atoms with Crippen LogP contribution in [0, 0.1) is 5.92 Å². The van der Waals surface area contributed by atoms with E-state index in [1.54, 1.807) is 0 Å². The van der Waals surface area contributed by atoms with Gasteiger partial charge in [0, 0.05) is 0 Å². The smallest absolute Gasteiger partial charge is 0.320 e. The molecule has 0 aliphatic carbocycles. The van der Waals surface area contributed by atoms with Crippen molar-refractivity contribution in [3.05, 3.63) is 65.7 Å². The van der Waals surface area contributed by atoms with E-state index in [1.165, 1.54) is 0 Å². The van der Waals surface area contributed by atoms with E-state index in [1.807, 2.05) is 68.4 Å². The second-order valence-electron chi connectivity index (χ2n) is 7.53. The Kier molecular flexibility index (Phi) is 8.68. The molecule has 0 aromatic heterocycles. The molecule has 0 heterocycles. The van der Waals surface area contributed by atoms with Gasteiger partial charge >= 0.3 is 11.9 Å². The lowest BCUT2D eigenvalue weighted by Gasteiger charge is -2.21. The molecule has 2 rings (SSSR count). The Balaban J connectivity index is 1.88. The van der Waals surface area contributed by atoms with Gasteiger partial charge in [0.1, 0.15) is 24.4 Å². The van der Waals surface area contributed by atoms with Crippen molar-refractivity contribution in [3.8, 4) is 5.75 Å². The van der Waals surface area contributed by atoms with Crippen LogP contribution in [0.3, 0.4) is 0 Å². The van der Waals surface area contributed by atoms with Gasteiger partial charge < -0.3 is 14.9 Å². The van der Waals surface area contributed by atoms with Crippen molar-refractivity contribution < 1.29 is 24.5 Å². The molecule has 0 radical (unpaired) electrons. The van der Waals surface area contributed by atoms with Gasteiger partial charge in [-0.3, -0.25) is 14.9 Å². The van der Waals surface area contributed by atoms with Crippen molar-refractivity contribution in [3.63, 3.8) is 0 Å². The topological polar surface area (TPSA) is 95.9 Å². The molecule has 29 heavy (non-hydrogen) atoms. The first kappa shape index (κ1) is 22.4. The number of ether oxygens (including phenoxy) is 1. The van der Waals surface area contributed by atoms with Gasteiger partial charge in [0.15, 0.2) is 0 Å². The highest BCUT2D eigenvalue weighted by Gasteiger charge is 2.26. The zero-order valence-corrected chi connectivity index (χ0v) is 16.9. The lowest BCUT2D eigenvalue weighted by Crippen LogP contribution is -2.47. The quantitative estimate of drug-likeness (QED) is 0.503. The van der Waals surface area contributed by atoms with Crippen molar-refractivity contribution >= 4 is 11.9 Å². The fourth-order valence-electron chi connectivity index (χ4n) is 3.04. The van der Waals surface area contributed by atoms with Crippen LogP contribution in [0.1, 0.15) is 37.8 Å². The number of carboxylic acids is 2. The van der Waals surface area contributed by atoms with Gasteiger partial charge in [-0.1, -0.05) is 56.3 Å². The summed E-state index contributed by atoms with van der Waals surface area (Å²) in [5.74, 6) is -1.16. The fraction of sp³-hybridized carbons (Fsp3) is 0.391. The van der Waals surface area contributed by atoms with Gasteiger partial charge in [-0.15, -0.1) is 0 Å². The predicted octanol–water partition coefficient (Wildman–Crippen LogP) is 3.74. The van der Waals surface area contributed by atoms with E-state index >= 15 is 0 Å². The molecule has 2 aromatic carbocycles. The Morgan fingerprint density at radius 2 is 1.52 bits per heavy atom. The monoisotopic (exact) mass is 399 g/mol. The third-order valence-electron chi connectivity index (χ3n) is 4.60. The number of rotatable bonds is 12. The molecule has 0 fully saturated rings. The van der Waals surface area contributed by atoms with Crippen molar-refractivity contribution in [1.82, 2.24) is 5.32 Å². The van der Waals surface area contributed by atoms with E-state index in [0.29, 0.717) is 25.9 Å². The first-order valence-electron chi connectivity index (χ1n) is 9.82. The van der Waals surface area contributed by atoms with Crippen molar-refractivity contribution in [1.29, 1.82) is 0 Å². The van der Waals surface area contributed by atoms with Crippen molar-refractivity contribution in [2.24, 2.45) is 5.92 Å². The summed E-state index contributed by atoms with van der Waals surface area (Å²) >= 11 is 0. The van der Waals surface area contributed by atoms with Crippen LogP contribution in [0.15, 0.2) is 54.6 Å². The number of carboxylic acid groups (broad SMARTS) is 2. The molecule has 6 nitrogen and oxygen atoms in total. The third kappa shape index (κ3) is 7.95. The van der Waals surface area contributed by atoms with Gasteiger partial charge in [0.05, 0.1) is 0 Å². The largest absolute Gasteiger partial charge is 0.489 e. The van der Waals surface area contributed by atoms with E-state index < -0.39 is 24.0 Å². The summed E-state index contributed by atoms with van der Waals surface area (Å²) in [5, 5.41) is 21.6. The first-order valence-corrected chi connectivity index (χ1v) is 9.82. The van der Waals surface area contributed by atoms with Crippen LogP contribution in [0.4, 0.5) is 0 Å². The fourth-order valence-corrected chi connectivity index (χ4v) is 3.04. The van der Waals surface area contributed by atoms with Gasteiger partial charge in [-0.2, -0.15) is 0 Å². The molecule has 0 aliphatic rings. The SMILES string of the molecule is CC(C)C[C@H](N[C@@H](CCc1ccc(OCc2ccccc2)cc1)C(=O)O)C(=O)O. The second kappa shape index (κ2) is 11.2. The summed E-state index contributed by atoms with van der Waals surface area (Å²) in [6.45, 7) is 4.31. The Morgan fingerprint density at radius 1 is 0.897 bits per heavy atom. The number of benzene rings is 2. The molecule has 0 saturated carbocycles. The average Bonchev–Trinajstić information content (AvgIpc) is 2.69. The highest BCUT2D eigenvalue weighted by atomic mass is 16.5. The number of hydrogen-bond donors (Lipinski definition) is 3. The minimum atomic E-state index is -1.04. The van der Waals surface area contributed by atoms with E-state index in [2.05, 4.69) is 5.32 Å². The number of aliphatic carboxylic acids is 2. The molecule has 0 aliphatic heterocycles. The maximum Gasteiger partial charge on any atom is 0.320 e. The highest BCUT2D eigenvalue weighted by molar-refractivity contribution is 5.77. The van der Waals surface area contributed by atoms with Gasteiger partial charge in [-0.25, -0.2) is 0 Å². The van der Waals surface area contributed by atoms with Crippen LogP contribution in [0.25, 0.3) is 0 Å². The van der Waals surface area contributed by atoms with Crippen LogP contribution in [-0.4, -0.2) is 34.2 Å². The van der Waals surface area contributed by atoms with Crippen LogP contribution >= 0.6 is 0 Å². The summed E-state index contributed by atoms with van der Waals surface area (Å²) in [6.07, 6.45) is 1.21. The molecule has 2 aromatic rings. The molecule has 156 valence electrons. The molecular formula is C23H29NO5. The van der Waals surface area contributed by atoms with E-state index in [4.69, 9.17) is 4.74 Å². The van der Waals surface area contributed by atoms with E-state index in [9.17, 15) is 19.8 Å². The molecule has 0 saturated heterocycles. The molecule has 0 bridgehead atoms. The van der Waals surface area contributed by atoms with Gasteiger partial charge in [0.25, 0.3) is 0 Å². The van der Waals surface area contributed by atoms with Crippen LogP contribution in [0.2, 0.25) is 0 Å². The van der Waals surface area contributed by atoms with Crippen LogP contribution < -0.4 is 10.1 Å². The standard InChI is InChI=1S/C23H29NO5/c1-16(2)14-21(23(27)28)24-20(22(25)26)13-10-17-8-11-19(12-9-17)29-15-18-6-4-3-5-7-18/h3-9,11-12,16,20-21,24H,10,13-15H2,1-2H3,(H,25,26)(H,27,28)/t20-,21-/m0/s1. The maximum absolute atomic E-state index is 11.6. The van der Waals surface area contributed by atoms with E-state index in [0.717, 1.165) is 16.9 Å². The normalized spacial score (nSPS) is 13.1. The minimum Gasteiger partial charge on any atom is -0.489 e. The summed E-state index contributed by atoms with van der Waals surface area (Å²) in [6, 6.07) is 15.6. The zero-order chi connectivity index (χ0) is 21.2. The molecule has 0 spiro atoms. The lowest BCUT2D eigenvalue weighted by molar-refractivity contribution is -0.143. The summed E-state index contributed by atoms with van der Waals surface area (Å²) in [4.78, 5) is 23.0. The Morgan fingerprint density at radius 3 is 2.07 bits per heavy atom. The number of aryl methyl sites for hydroxylation is 1. The third-order valence-corrected chi connectivity index (χ3v) is 4.60. The van der Waals surface area contributed by atoms with E-state index in [-0.39, 0.29) is 5.92 Å². The minimum absolute atomic E-state index is 0.154. The summed E-state index contributed by atoms with van der Waals surface area (Å²) < 4.78 is 5.76. The van der Waals surface area contributed by atoms with Crippen LogP contribution in [-0.2, 0) is 22.6 Å². The van der Waals surface area contributed by atoms with Gasteiger partial charge in [-0.05, 0) is 48.4 Å². The lowest BCUT2D eigenvalue weighted by atomic mass is 10.0. The molecule has 0 unspecified atom stereocenters. The first-order chi connectivity index (χ1) is 13.8. The molecule has 3 N–H and O–H groups in total. The zero-order valence-electron chi connectivity index (χ0n) is 16.9. The Labute approximate surface area is 171 Å². The molecular weight excluding hydrogens is 370 g/mol. The summed E-state index contributed by atoms with van der Waals surface area (Å²) in [7, 11) is 0. The maximum atomic E-state index is 11.6. The molecule has 6 heteroatoms. The van der Waals surface area contributed by atoms with Crippen molar-refractivity contribution in [2.45, 2.75) is 51.8 Å². The molecule has 2 atom stereocenters. The Hall–Kier alpha value is -2.86. The number of carbonyl (C=O) groups is 2.